The standard InChI is InChI=1S/C24H20ClN3O3/c1-28(15-23(29)27-22-5-3-2-4-21(22)25)24(30)16-31-20-12-10-19(11-13-20)18-8-6-17(14-26)7-9-18/h2-13H,15-16H2,1H3,(H,27,29). The third kappa shape index (κ3) is 6.08. The smallest absolute Gasteiger partial charge is 0.260 e. The van der Waals surface area contributed by atoms with Crippen molar-refractivity contribution in [3.63, 3.8) is 0 Å². The SMILES string of the molecule is CN(CC(=O)Nc1ccccc1Cl)C(=O)COc1ccc(-c2ccc(C#N)cc2)cc1. The van der Waals surface area contributed by atoms with E-state index in [1.165, 1.54) is 11.9 Å². The second kappa shape index (κ2) is 10.3. The fraction of sp³-hybridized carbons (Fsp3) is 0.125. The highest BCUT2D eigenvalue weighted by Crippen LogP contribution is 2.23. The van der Waals surface area contributed by atoms with Crippen LogP contribution in [0.1, 0.15) is 5.56 Å². The van der Waals surface area contributed by atoms with Crippen molar-refractivity contribution in [1.29, 1.82) is 5.26 Å². The number of anilines is 1. The van der Waals surface area contributed by atoms with Gasteiger partial charge in [0.2, 0.25) is 5.91 Å². The van der Waals surface area contributed by atoms with Gasteiger partial charge in [0.15, 0.2) is 6.61 Å². The Bertz CT molecular complexity index is 1110. The average Bonchev–Trinajstić information content (AvgIpc) is 2.79. The minimum atomic E-state index is -0.351. The summed E-state index contributed by atoms with van der Waals surface area (Å²) < 4.78 is 5.55. The maximum Gasteiger partial charge on any atom is 0.260 e. The molecular formula is C24H20ClN3O3. The van der Waals surface area contributed by atoms with Crippen molar-refractivity contribution in [2.24, 2.45) is 0 Å². The number of benzene rings is 3. The lowest BCUT2D eigenvalue weighted by Gasteiger charge is -2.17. The van der Waals surface area contributed by atoms with Crippen LogP contribution in [0.25, 0.3) is 11.1 Å². The maximum absolute atomic E-state index is 12.3. The van der Waals surface area contributed by atoms with E-state index in [1.807, 2.05) is 24.3 Å². The van der Waals surface area contributed by atoms with Crippen LogP contribution in [0.15, 0.2) is 72.8 Å². The number of para-hydroxylation sites is 1. The summed E-state index contributed by atoms with van der Waals surface area (Å²) in [5.74, 6) is -0.138. The van der Waals surface area contributed by atoms with Crippen molar-refractivity contribution in [2.75, 3.05) is 25.5 Å². The summed E-state index contributed by atoms with van der Waals surface area (Å²) in [5.41, 5.74) is 3.04. The van der Waals surface area contributed by atoms with Crippen LogP contribution in [0.4, 0.5) is 5.69 Å². The van der Waals surface area contributed by atoms with Gasteiger partial charge in [0.25, 0.3) is 5.91 Å². The first-order valence-corrected chi connectivity index (χ1v) is 9.86. The summed E-state index contributed by atoms with van der Waals surface area (Å²) >= 11 is 6.02. The fourth-order valence-electron chi connectivity index (χ4n) is 2.79. The zero-order valence-corrected chi connectivity index (χ0v) is 17.6. The molecule has 0 atom stereocenters. The van der Waals surface area contributed by atoms with Gasteiger partial charge in [-0.3, -0.25) is 9.59 Å². The summed E-state index contributed by atoms with van der Waals surface area (Å²) in [6, 6.07) is 23.5. The van der Waals surface area contributed by atoms with Crippen LogP contribution in [0.2, 0.25) is 5.02 Å². The molecule has 0 aromatic heterocycles. The number of ether oxygens (including phenoxy) is 1. The third-order valence-corrected chi connectivity index (χ3v) is 4.85. The molecule has 0 aliphatic rings. The van der Waals surface area contributed by atoms with Gasteiger partial charge in [0, 0.05) is 7.05 Å². The molecule has 0 aliphatic carbocycles. The van der Waals surface area contributed by atoms with Crippen molar-refractivity contribution < 1.29 is 14.3 Å². The molecule has 0 fully saturated rings. The molecule has 0 aliphatic heterocycles. The molecule has 0 saturated carbocycles. The van der Waals surface area contributed by atoms with E-state index in [1.54, 1.807) is 48.5 Å². The van der Waals surface area contributed by atoms with Crippen molar-refractivity contribution >= 4 is 29.1 Å². The molecular weight excluding hydrogens is 414 g/mol. The van der Waals surface area contributed by atoms with Crippen molar-refractivity contribution in [2.45, 2.75) is 0 Å². The van der Waals surface area contributed by atoms with E-state index in [0.29, 0.717) is 22.0 Å². The number of nitriles is 1. The van der Waals surface area contributed by atoms with Crippen molar-refractivity contribution in [3.05, 3.63) is 83.4 Å². The van der Waals surface area contributed by atoms with Crippen LogP contribution in [-0.4, -0.2) is 36.9 Å². The lowest BCUT2D eigenvalue weighted by Crippen LogP contribution is -2.37. The minimum Gasteiger partial charge on any atom is -0.484 e. The van der Waals surface area contributed by atoms with E-state index in [0.717, 1.165) is 11.1 Å². The number of nitrogens with zero attached hydrogens (tertiary/aromatic N) is 2. The molecule has 1 N–H and O–H groups in total. The normalized spacial score (nSPS) is 10.1. The molecule has 156 valence electrons. The van der Waals surface area contributed by atoms with Crippen LogP contribution in [-0.2, 0) is 9.59 Å². The lowest BCUT2D eigenvalue weighted by atomic mass is 10.0. The van der Waals surface area contributed by atoms with E-state index in [-0.39, 0.29) is 25.0 Å². The lowest BCUT2D eigenvalue weighted by molar-refractivity contribution is -0.135. The Kier molecular flexibility index (Phi) is 7.26. The first kappa shape index (κ1) is 21.9. The molecule has 0 radical (unpaired) electrons. The van der Waals surface area contributed by atoms with Gasteiger partial charge in [-0.05, 0) is 47.5 Å². The van der Waals surface area contributed by atoms with Gasteiger partial charge in [-0.1, -0.05) is 48.0 Å². The van der Waals surface area contributed by atoms with Gasteiger partial charge in [0.1, 0.15) is 5.75 Å². The number of rotatable bonds is 7. The quantitative estimate of drug-likeness (QED) is 0.600. The van der Waals surface area contributed by atoms with E-state index >= 15 is 0 Å². The van der Waals surface area contributed by atoms with E-state index < -0.39 is 0 Å². The Morgan fingerprint density at radius 1 is 1.00 bits per heavy atom. The van der Waals surface area contributed by atoms with E-state index in [9.17, 15) is 9.59 Å². The Balaban J connectivity index is 1.49. The molecule has 3 aromatic rings. The van der Waals surface area contributed by atoms with Crippen molar-refractivity contribution in [1.82, 2.24) is 4.90 Å². The van der Waals surface area contributed by atoms with E-state index in [2.05, 4.69) is 11.4 Å². The zero-order valence-electron chi connectivity index (χ0n) is 16.8. The number of carbonyl (C=O) groups excluding carboxylic acids is 2. The molecule has 31 heavy (non-hydrogen) atoms. The monoisotopic (exact) mass is 433 g/mol. The number of hydrogen-bond donors (Lipinski definition) is 1. The summed E-state index contributed by atoms with van der Waals surface area (Å²) in [7, 11) is 1.53. The van der Waals surface area contributed by atoms with E-state index in [4.69, 9.17) is 21.6 Å². The number of nitrogens with one attached hydrogen (secondary N) is 1. The first-order chi connectivity index (χ1) is 15.0. The summed E-state index contributed by atoms with van der Waals surface area (Å²) in [6.45, 7) is -0.308. The minimum absolute atomic E-state index is 0.120. The van der Waals surface area contributed by atoms with Gasteiger partial charge in [-0.25, -0.2) is 0 Å². The van der Waals surface area contributed by atoms with Gasteiger partial charge in [-0.15, -0.1) is 0 Å². The molecule has 2 amide bonds. The molecule has 0 saturated heterocycles. The average molecular weight is 434 g/mol. The number of likely N-dealkylation sites (N-methyl/N-ethyl adjacent to an activating group) is 1. The largest absolute Gasteiger partial charge is 0.484 e. The zero-order chi connectivity index (χ0) is 22.2. The Morgan fingerprint density at radius 2 is 1.61 bits per heavy atom. The topological polar surface area (TPSA) is 82.4 Å². The number of halogens is 1. The molecule has 3 aromatic carbocycles. The highest BCUT2D eigenvalue weighted by Gasteiger charge is 2.14. The highest BCUT2D eigenvalue weighted by molar-refractivity contribution is 6.33. The van der Waals surface area contributed by atoms with Gasteiger partial charge >= 0.3 is 0 Å². The van der Waals surface area contributed by atoms with Crippen LogP contribution in [0, 0.1) is 11.3 Å². The van der Waals surface area contributed by atoms with Crippen LogP contribution >= 0.6 is 11.6 Å². The summed E-state index contributed by atoms with van der Waals surface area (Å²) in [4.78, 5) is 25.7. The Morgan fingerprint density at radius 3 is 2.23 bits per heavy atom. The summed E-state index contributed by atoms with van der Waals surface area (Å²) in [6.07, 6.45) is 0. The molecule has 0 spiro atoms. The predicted octanol–water partition coefficient (Wildman–Crippen LogP) is 4.35. The van der Waals surface area contributed by atoms with Gasteiger partial charge in [-0.2, -0.15) is 5.26 Å². The predicted molar refractivity (Wildman–Crippen MR) is 120 cm³/mol. The summed E-state index contributed by atoms with van der Waals surface area (Å²) in [5, 5.41) is 12.0. The first-order valence-electron chi connectivity index (χ1n) is 9.48. The maximum atomic E-state index is 12.3. The second-order valence-electron chi connectivity index (χ2n) is 6.78. The van der Waals surface area contributed by atoms with Crippen LogP contribution in [0.3, 0.4) is 0 Å². The fourth-order valence-corrected chi connectivity index (χ4v) is 2.97. The van der Waals surface area contributed by atoms with Crippen LogP contribution < -0.4 is 10.1 Å². The third-order valence-electron chi connectivity index (χ3n) is 4.52. The molecule has 6 nitrogen and oxygen atoms in total. The number of carbonyl (C=O) groups is 2. The number of amides is 2. The second-order valence-corrected chi connectivity index (χ2v) is 7.19. The van der Waals surface area contributed by atoms with Crippen molar-refractivity contribution in [3.8, 4) is 22.9 Å². The molecule has 0 heterocycles. The molecule has 0 bridgehead atoms. The molecule has 3 rings (SSSR count). The van der Waals surface area contributed by atoms with Gasteiger partial charge < -0.3 is 15.0 Å². The molecule has 7 heteroatoms. The van der Waals surface area contributed by atoms with Crippen LogP contribution in [0.5, 0.6) is 5.75 Å². The number of hydrogen-bond acceptors (Lipinski definition) is 4. The molecule has 0 unspecified atom stereocenters. The Labute approximate surface area is 185 Å². The van der Waals surface area contributed by atoms with Gasteiger partial charge in [0.05, 0.1) is 28.9 Å². The highest BCUT2D eigenvalue weighted by atomic mass is 35.5. The Hall–Kier alpha value is -3.82.